The van der Waals surface area contributed by atoms with Crippen molar-refractivity contribution in [2.75, 3.05) is 5.32 Å². The van der Waals surface area contributed by atoms with Gasteiger partial charge in [-0.2, -0.15) is 10.2 Å². The number of anilines is 1. The van der Waals surface area contributed by atoms with Gasteiger partial charge in [-0.15, -0.1) is 0 Å². The van der Waals surface area contributed by atoms with Gasteiger partial charge in [0.1, 0.15) is 17.7 Å². The fraction of sp³-hybridized carbons (Fsp3) is 0.227. The number of carbonyl (C=O) groups is 1. The predicted octanol–water partition coefficient (Wildman–Crippen LogP) is 3.69. The molecule has 9 nitrogen and oxygen atoms in total. The number of urea groups is 1. The molecule has 1 aliphatic rings. The molecule has 1 saturated carbocycles. The quantitative estimate of drug-likeness (QED) is 0.383. The highest BCUT2D eigenvalue weighted by atomic mass is 16.2. The standard InChI is InChI=1S/C22H22N8O/c1-13-23-21(30-27-13)18(14-5-3-2-4-6-14)25-22(31)24-17-11-9-16(10-12-17)20-26-19(28-29-20)15-7-8-15/h2-6,9-12,15,18H,7-8H2,1H3,(H,23,27,30)(H2,24,25,31)(H,26,28,29). The van der Waals surface area contributed by atoms with Crippen molar-refractivity contribution in [3.8, 4) is 11.4 Å². The number of aromatic amines is 2. The average Bonchev–Trinajstić information content (AvgIpc) is 3.36. The molecule has 0 spiro atoms. The minimum Gasteiger partial charge on any atom is -0.324 e. The lowest BCUT2D eigenvalue weighted by Crippen LogP contribution is -2.33. The van der Waals surface area contributed by atoms with Gasteiger partial charge in [0.2, 0.25) is 0 Å². The highest BCUT2D eigenvalue weighted by Gasteiger charge is 2.27. The van der Waals surface area contributed by atoms with E-state index >= 15 is 0 Å². The summed E-state index contributed by atoms with van der Waals surface area (Å²) < 4.78 is 0. The van der Waals surface area contributed by atoms with Gasteiger partial charge < -0.3 is 10.6 Å². The molecule has 4 aromatic rings. The Kier molecular flexibility index (Phi) is 4.91. The lowest BCUT2D eigenvalue weighted by molar-refractivity contribution is 0.249. The largest absolute Gasteiger partial charge is 0.324 e. The van der Waals surface area contributed by atoms with Crippen molar-refractivity contribution in [1.82, 2.24) is 35.7 Å². The van der Waals surface area contributed by atoms with Crippen molar-refractivity contribution in [3.63, 3.8) is 0 Å². The summed E-state index contributed by atoms with van der Waals surface area (Å²) in [6.07, 6.45) is 2.34. The number of hydrogen-bond acceptors (Lipinski definition) is 5. The summed E-state index contributed by atoms with van der Waals surface area (Å²) in [5.74, 6) is 3.33. The Morgan fingerprint density at radius 2 is 1.77 bits per heavy atom. The second kappa shape index (κ2) is 8.02. The number of aryl methyl sites for hydroxylation is 1. The van der Waals surface area contributed by atoms with Gasteiger partial charge in [0.15, 0.2) is 11.6 Å². The molecular formula is C22H22N8O. The van der Waals surface area contributed by atoms with Crippen LogP contribution in [0.3, 0.4) is 0 Å². The molecule has 0 bridgehead atoms. The monoisotopic (exact) mass is 414 g/mol. The normalized spacial score (nSPS) is 14.2. The maximum atomic E-state index is 12.7. The SMILES string of the molecule is Cc1nc(C(NC(=O)Nc2ccc(-c3n[nH]c(C4CC4)n3)cc2)c2ccccc2)n[nH]1. The van der Waals surface area contributed by atoms with Crippen LogP contribution in [0.15, 0.2) is 54.6 Å². The number of hydrogen-bond donors (Lipinski definition) is 4. The second-order valence-electron chi connectivity index (χ2n) is 7.62. The molecule has 2 amide bonds. The van der Waals surface area contributed by atoms with Crippen LogP contribution in [0.25, 0.3) is 11.4 Å². The van der Waals surface area contributed by atoms with E-state index in [-0.39, 0.29) is 6.03 Å². The fourth-order valence-corrected chi connectivity index (χ4v) is 3.38. The lowest BCUT2D eigenvalue weighted by Gasteiger charge is -2.17. The van der Waals surface area contributed by atoms with Crippen molar-refractivity contribution < 1.29 is 4.79 Å². The minimum atomic E-state index is -0.473. The highest BCUT2D eigenvalue weighted by Crippen LogP contribution is 2.38. The number of nitrogens with zero attached hydrogens (tertiary/aromatic N) is 4. The van der Waals surface area contributed by atoms with Gasteiger partial charge in [0.25, 0.3) is 0 Å². The molecule has 31 heavy (non-hydrogen) atoms. The van der Waals surface area contributed by atoms with E-state index in [0.717, 1.165) is 17.0 Å². The van der Waals surface area contributed by atoms with Crippen LogP contribution in [0.2, 0.25) is 0 Å². The summed E-state index contributed by atoms with van der Waals surface area (Å²) in [6, 6.07) is 16.2. The lowest BCUT2D eigenvalue weighted by atomic mass is 10.1. The number of amides is 2. The number of carbonyl (C=O) groups excluding carboxylic acids is 1. The van der Waals surface area contributed by atoms with E-state index in [4.69, 9.17) is 0 Å². The van der Waals surface area contributed by atoms with Crippen LogP contribution in [-0.2, 0) is 0 Å². The summed E-state index contributed by atoms with van der Waals surface area (Å²) in [4.78, 5) is 21.6. The third-order valence-corrected chi connectivity index (χ3v) is 5.15. The number of aromatic nitrogens is 6. The van der Waals surface area contributed by atoms with Gasteiger partial charge in [-0.3, -0.25) is 10.2 Å². The van der Waals surface area contributed by atoms with Crippen LogP contribution in [-0.4, -0.2) is 36.4 Å². The van der Waals surface area contributed by atoms with Gasteiger partial charge in [0, 0.05) is 17.2 Å². The molecular weight excluding hydrogens is 392 g/mol. The van der Waals surface area contributed by atoms with E-state index in [9.17, 15) is 4.79 Å². The van der Waals surface area contributed by atoms with Gasteiger partial charge in [-0.25, -0.2) is 14.8 Å². The third-order valence-electron chi connectivity index (χ3n) is 5.15. The van der Waals surface area contributed by atoms with Gasteiger partial charge in [-0.05, 0) is 49.6 Å². The van der Waals surface area contributed by atoms with Crippen LogP contribution < -0.4 is 10.6 Å². The highest BCUT2D eigenvalue weighted by molar-refractivity contribution is 5.90. The molecule has 4 N–H and O–H groups in total. The summed E-state index contributed by atoms with van der Waals surface area (Å²) in [7, 11) is 0. The van der Waals surface area contributed by atoms with E-state index in [1.807, 2.05) is 61.5 Å². The first kappa shape index (κ1) is 19.0. The van der Waals surface area contributed by atoms with Crippen LogP contribution >= 0.6 is 0 Å². The number of benzene rings is 2. The summed E-state index contributed by atoms with van der Waals surface area (Å²) in [5, 5.41) is 20.2. The Morgan fingerprint density at radius 1 is 1.00 bits per heavy atom. The number of H-pyrrole nitrogens is 2. The maximum absolute atomic E-state index is 12.7. The summed E-state index contributed by atoms with van der Waals surface area (Å²) >= 11 is 0. The Morgan fingerprint density at radius 3 is 2.45 bits per heavy atom. The zero-order valence-electron chi connectivity index (χ0n) is 17.0. The molecule has 1 fully saturated rings. The van der Waals surface area contributed by atoms with Crippen LogP contribution in [0, 0.1) is 6.92 Å². The first-order valence-electron chi connectivity index (χ1n) is 10.2. The third kappa shape index (κ3) is 4.30. The van der Waals surface area contributed by atoms with Crippen molar-refractivity contribution in [3.05, 3.63) is 77.6 Å². The van der Waals surface area contributed by atoms with E-state index in [1.54, 1.807) is 0 Å². The Labute approximate surface area is 178 Å². The molecule has 0 aliphatic heterocycles. The smallest absolute Gasteiger partial charge is 0.320 e. The zero-order valence-corrected chi connectivity index (χ0v) is 17.0. The van der Waals surface area contributed by atoms with Gasteiger partial charge in [0.05, 0.1) is 0 Å². The van der Waals surface area contributed by atoms with Crippen molar-refractivity contribution >= 4 is 11.7 Å². The van der Waals surface area contributed by atoms with E-state index in [2.05, 4.69) is 41.0 Å². The molecule has 0 saturated heterocycles. The van der Waals surface area contributed by atoms with Gasteiger partial charge in [-0.1, -0.05) is 30.3 Å². The predicted molar refractivity (Wildman–Crippen MR) is 115 cm³/mol. The number of rotatable bonds is 6. The summed E-state index contributed by atoms with van der Waals surface area (Å²) in [5.41, 5.74) is 2.45. The van der Waals surface area contributed by atoms with Crippen molar-refractivity contribution in [2.45, 2.75) is 31.7 Å². The van der Waals surface area contributed by atoms with Crippen LogP contribution in [0.5, 0.6) is 0 Å². The van der Waals surface area contributed by atoms with Crippen molar-refractivity contribution in [2.24, 2.45) is 0 Å². The van der Waals surface area contributed by atoms with Crippen molar-refractivity contribution in [1.29, 1.82) is 0 Å². The molecule has 156 valence electrons. The molecule has 1 atom stereocenters. The fourth-order valence-electron chi connectivity index (χ4n) is 3.38. The molecule has 1 unspecified atom stereocenters. The Bertz CT molecular complexity index is 1180. The summed E-state index contributed by atoms with van der Waals surface area (Å²) in [6.45, 7) is 1.82. The first-order valence-corrected chi connectivity index (χ1v) is 10.2. The topological polar surface area (TPSA) is 124 Å². The van der Waals surface area contributed by atoms with E-state index in [1.165, 1.54) is 12.8 Å². The average molecular weight is 414 g/mol. The van der Waals surface area contributed by atoms with Crippen LogP contribution in [0.1, 0.15) is 47.8 Å². The molecule has 5 rings (SSSR count). The Balaban J connectivity index is 1.28. The maximum Gasteiger partial charge on any atom is 0.320 e. The minimum absolute atomic E-state index is 0.349. The molecule has 0 radical (unpaired) electrons. The van der Waals surface area contributed by atoms with E-state index in [0.29, 0.717) is 29.1 Å². The van der Waals surface area contributed by atoms with Crippen LogP contribution in [0.4, 0.5) is 10.5 Å². The molecule has 1 aliphatic carbocycles. The molecule has 2 aromatic heterocycles. The molecule has 9 heteroatoms. The van der Waals surface area contributed by atoms with Gasteiger partial charge >= 0.3 is 6.03 Å². The first-order chi connectivity index (χ1) is 15.2. The number of nitrogens with one attached hydrogen (secondary N) is 4. The molecule has 2 aromatic carbocycles. The second-order valence-corrected chi connectivity index (χ2v) is 7.62. The molecule has 2 heterocycles. The van der Waals surface area contributed by atoms with E-state index < -0.39 is 6.04 Å². The Hall–Kier alpha value is -4.01. The zero-order chi connectivity index (χ0) is 21.2.